The summed E-state index contributed by atoms with van der Waals surface area (Å²) in [4.78, 5) is 0. The second-order valence-corrected chi connectivity index (χ2v) is 6.11. The number of halogens is 2. The molecule has 0 unspecified atom stereocenters. The normalized spacial score (nSPS) is 11.5. The summed E-state index contributed by atoms with van der Waals surface area (Å²) in [5.41, 5.74) is 0.0545. The lowest BCUT2D eigenvalue weighted by molar-refractivity contribution is 0.594. The van der Waals surface area contributed by atoms with Crippen LogP contribution >= 0.6 is 0 Å². The van der Waals surface area contributed by atoms with Gasteiger partial charge in [0.1, 0.15) is 21.5 Å². The third kappa shape index (κ3) is 4.68. The Morgan fingerprint density at radius 3 is 2.65 bits per heavy atom. The summed E-state index contributed by atoms with van der Waals surface area (Å²) in [6.45, 7) is 1.87. The van der Waals surface area contributed by atoms with Crippen molar-refractivity contribution >= 4 is 15.5 Å². The molecular weight excluding hydrogens is 248 g/mol. The molecule has 1 aromatic rings. The minimum Gasteiger partial charge on any atom is -0.383 e. The number of sulfone groups is 1. The number of hydrogen-bond acceptors (Lipinski definition) is 3. The maximum atomic E-state index is 13.1. The number of benzene rings is 1. The van der Waals surface area contributed by atoms with Crippen LogP contribution in [0.4, 0.5) is 14.5 Å². The van der Waals surface area contributed by atoms with Gasteiger partial charge in [-0.05, 0) is 24.6 Å². The molecule has 17 heavy (non-hydrogen) atoms. The Bertz CT molecular complexity index is 474. The standard InChI is InChI=1S/C11H15F2NO2S/c1-2-17(15,16)7-3-6-14-11-8-9(12)4-5-10(11)13/h4-5,8,14H,2-3,6-7H2,1H3. The Morgan fingerprint density at radius 2 is 2.00 bits per heavy atom. The van der Waals surface area contributed by atoms with Crippen molar-refractivity contribution in [1.82, 2.24) is 0 Å². The Balaban J connectivity index is 2.44. The SMILES string of the molecule is CCS(=O)(=O)CCCNc1cc(F)ccc1F. The first kappa shape index (κ1) is 13.9. The van der Waals surface area contributed by atoms with Crippen LogP contribution in [0.25, 0.3) is 0 Å². The van der Waals surface area contributed by atoms with Gasteiger partial charge in [-0.1, -0.05) is 6.92 Å². The second-order valence-electron chi connectivity index (χ2n) is 3.64. The van der Waals surface area contributed by atoms with E-state index in [1.54, 1.807) is 6.92 Å². The van der Waals surface area contributed by atoms with E-state index in [2.05, 4.69) is 5.32 Å². The van der Waals surface area contributed by atoms with Crippen LogP contribution in [0.1, 0.15) is 13.3 Å². The van der Waals surface area contributed by atoms with Crippen molar-refractivity contribution in [3.63, 3.8) is 0 Å². The molecule has 0 aliphatic rings. The molecule has 0 fully saturated rings. The Labute approximate surface area is 99.8 Å². The number of anilines is 1. The van der Waals surface area contributed by atoms with E-state index in [4.69, 9.17) is 0 Å². The summed E-state index contributed by atoms with van der Waals surface area (Å²) in [6, 6.07) is 3.10. The molecule has 6 heteroatoms. The molecule has 0 amide bonds. The monoisotopic (exact) mass is 263 g/mol. The van der Waals surface area contributed by atoms with E-state index in [0.717, 1.165) is 18.2 Å². The van der Waals surface area contributed by atoms with Crippen LogP contribution in [-0.4, -0.2) is 26.5 Å². The summed E-state index contributed by atoms with van der Waals surface area (Å²) in [6.07, 6.45) is 0.367. The Morgan fingerprint density at radius 1 is 1.29 bits per heavy atom. The lowest BCUT2D eigenvalue weighted by Gasteiger charge is -2.07. The van der Waals surface area contributed by atoms with Gasteiger partial charge in [0, 0.05) is 12.3 Å². The van der Waals surface area contributed by atoms with Gasteiger partial charge in [-0.15, -0.1) is 0 Å². The maximum absolute atomic E-state index is 13.1. The minimum atomic E-state index is -3.00. The number of hydrogen-bond donors (Lipinski definition) is 1. The van der Waals surface area contributed by atoms with Crippen molar-refractivity contribution in [3.8, 4) is 0 Å². The topological polar surface area (TPSA) is 46.2 Å². The van der Waals surface area contributed by atoms with Gasteiger partial charge in [0.15, 0.2) is 0 Å². The maximum Gasteiger partial charge on any atom is 0.150 e. The first-order chi connectivity index (χ1) is 7.94. The predicted octanol–water partition coefficient (Wildman–Crippen LogP) is 2.20. The molecule has 1 aromatic carbocycles. The zero-order chi connectivity index (χ0) is 12.9. The van der Waals surface area contributed by atoms with Crippen molar-refractivity contribution in [2.24, 2.45) is 0 Å². The highest BCUT2D eigenvalue weighted by Crippen LogP contribution is 2.14. The van der Waals surface area contributed by atoms with Crippen LogP contribution in [0.2, 0.25) is 0 Å². The van der Waals surface area contributed by atoms with Gasteiger partial charge >= 0.3 is 0 Å². The summed E-state index contributed by atoms with van der Waals surface area (Å²) >= 11 is 0. The van der Waals surface area contributed by atoms with Crippen LogP contribution in [0.15, 0.2) is 18.2 Å². The fourth-order valence-electron chi connectivity index (χ4n) is 1.29. The van der Waals surface area contributed by atoms with E-state index in [-0.39, 0.29) is 17.2 Å². The van der Waals surface area contributed by atoms with Crippen molar-refractivity contribution < 1.29 is 17.2 Å². The zero-order valence-electron chi connectivity index (χ0n) is 9.54. The van der Waals surface area contributed by atoms with Gasteiger partial charge in [0.25, 0.3) is 0 Å². The molecule has 0 radical (unpaired) electrons. The van der Waals surface area contributed by atoms with Gasteiger partial charge in [-0.25, -0.2) is 17.2 Å². The molecule has 0 spiro atoms. The molecule has 0 atom stereocenters. The molecule has 0 aromatic heterocycles. The highest BCUT2D eigenvalue weighted by Gasteiger charge is 2.07. The van der Waals surface area contributed by atoms with E-state index in [9.17, 15) is 17.2 Å². The van der Waals surface area contributed by atoms with Gasteiger partial charge in [-0.3, -0.25) is 0 Å². The smallest absolute Gasteiger partial charge is 0.150 e. The Kier molecular flexibility index (Phi) is 4.86. The van der Waals surface area contributed by atoms with Crippen LogP contribution in [0.5, 0.6) is 0 Å². The highest BCUT2D eigenvalue weighted by atomic mass is 32.2. The van der Waals surface area contributed by atoms with Gasteiger partial charge in [0.05, 0.1) is 11.4 Å². The third-order valence-electron chi connectivity index (χ3n) is 2.32. The first-order valence-electron chi connectivity index (χ1n) is 5.34. The molecule has 0 saturated heterocycles. The average Bonchev–Trinajstić information content (AvgIpc) is 2.29. The van der Waals surface area contributed by atoms with Crippen LogP contribution in [-0.2, 0) is 9.84 Å². The number of rotatable bonds is 6. The fourth-order valence-corrected chi connectivity index (χ4v) is 2.17. The quantitative estimate of drug-likeness (QED) is 0.800. The molecule has 96 valence electrons. The minimum absolute atomic E-state index is 0.0490. The lowest BCUT2D eigenvalue weighted by atomic mass is 10.3. The largest absolute Gasteiger partial charge is 0.383 e. The summed E-state index contributed by atoms with van der Waals surface area (Å²) in [5.74, 6) is -0.936. The summed E-state index contributed by atoms with van der Waals surface area (Å²) in [7, 11) is -3.00. The molecule has 0 bridgehead atoms. The second kappa shape index (κ2) is 5.95. The van der Waals surface area contributed by atoms with Gasteiger partial charge < -0.3 is 5.32 Å². The van der Waals surface area contributed by atoms with E-state index in [0.29, 0.717) is 13.0 Å². The van der Waals surface area contributed by atoms with Crippen LogP contribution < -0.4 is 5.32 Å². The molecular formula is C11H15F2NO2S. The predicted molar refractivity (Wildman–Crippen MR) is 63.8 cm³/mol. The lowest BCUT2D eigenvalue weighted by Crippen LogP contribution is -2.13. The van der Waals surface area contributed by atoms with Crippen LogP contribution in [0.3, 0.4) is 0 Å². The molecule has 0 heterocycles. The first-order valence-corrected chi connectivity index (χ1v) is 7.16. The van der Waals surface area contributed by atoms with Crippen LogP contribution in [0, 0.1) is 11.6 Å². The molecule has 1 N–H and O–H groups in total. The van der Waals surface area contributed by atoms with Gasteiger partial charge in [0.2, 0.25) is 0 Å². The fraction of sp³-hybridized carbons (Fsp3) is 0.455. The Hall–Kier alpha value is -1.17. The van der Waals surface area contributed by atoms with E-state index in [1.165, 1.54) is 0 Å². The van der Waals surface area contributed by atoms with Crippen molar-refractivity contribution in [3.05, 3.63) is 29.8 Å². The van der Waals surface area contributed by atoms with Crippen molar-refractivity contribution in [1.29, 1.82) is 0 Å². The van der Waals surface area contributed by atoms with Crippen molar-refractivity contribution in [2.45, 2.75) is 13.3 Å². The molecule has 3 nitrogen and oxygen atoms in total. The molecule has 0 saturated carbocycles. The zero-order valence-corrected chi connectivity index (χ0v) is 10.4. The third-order valence-corrected chi connectivity index (χ3v) is 4.11. The van der Waals surface area contributed by atoms with E-state index >= 15 is 0 Å². The number of nitrogens with one attached hydrogen (secondary N) is 1. The summed E-state index contributed by atoms with van der Waals surface area (Å²) in [5, 5.41) is 2.67. The molecule has 1 rings (SSSR count). The highest BCUT2D eigenvalue weighted by molar-refractivity contribution is 7.91. The molecule has 0 aliphatic heterocycles. The van der Waals surface area contributed by atoms with E-state index in [1.807, 2.05) is 0 Å². The van der Waals surface area contributed by atoms with Gasteiger partial charge in [-0.2, -0.15) is 0 Å². The van der Waals surface area contributed by atoms with Crippen molar-refractivity contribution in [2.75, 3.05) is 23.4 Å². The average molecular weight is 263 g/mol. The molecule has 0 aliphatic carbocycles. The summed E-state index contributed by atoms with van der Waals surface area (Å²) < 4.78 is 48.3. The van der Waals surface area contributed by atoms with E-state index < -0.39 is 21.5 Å².